The van der Waals surface area contributed by atoms with Gasteiger partial charge in [0.25, 0.3) is 5.91 Å². The Bertz CT molecular complexity index is 342. The molecule has 1 fully saturated rings. The standard InChI is InChI=1S/C10H17N2O4PS/c13-8-3-1-2-7(10(15)16)12(8)9(14)6(11-17)4-5-18/h6-8,13,17-18H,1-5H2,(H,15,16)/t6-,7-,8?/m0/s1. The first-order valence-corrected chi connectivity index (χ1v) is 6.81. The van der Waals surface area contributed by atoms with E-state index in [0.717, 1.165) is 4.90 Å². The van der Waals surface area contributed by atoms with Crippen molar-refractivity contribution >= 4 is 33.5 Å². The van der Waals surface area contributed by atoms with Crippen molar-refractivity contribution in [2.75, 3.05) is 5.75 Å². The number of nitrogens with zero attached hydrogens (tertiary/aromatic N) is 2. The summed E-state index contributed by atoms with van der Waals surface area (Å²) in [6.45, 7) is 0. The van der Waals surface area contributed by atoms with Gasteiger partial charge < -0.3 is 15.1 Å². The maximum absolute atomic E-state index is 12.2. The lowest BCUT2D eigenvalue weighted by molar-refractivity contribution is -0.165. The second-order valence-electron chi connectivity index (χ2n) is 4.17. The molecule has 6 nitrogen and oxygen atoms in total. The number of carbonyl (C=O) groups excluding carboxylic acids is 1. The molecule has 1 unspecified atom stereocenters. The van der Waals surface area contributed by atoms with E-state index < -0.39 is 30.2 Å². The van der Waals surface area contributed by atoms with Gasteiger partial charge in [-0.15, -0.1) is 0 Å². The minimum absolute atomic E-state index is 0.355. The number of rotatable bonds is 5. The number of hydrogen-bond acceptors (Lipinski definition) is 5. The molecule has 2 N–H and O–H groups in total. The average molecular weight is 292 g/mol. The van der Waals surface area contributed by atoms with Crippen LogP contribution in [0.15, 0.2) is 4.74 Å². The second kappa shape index (κ2) is 7.07. The van der Waals surface area contributed by atoms with E-state index in [1.165, 1.54) is 0 Å². The molecule has 0 saturated carbocycles. The highest BCUT2D eigenvalue weighted by atomic mass is 32.1. The number of thiol groups is 1. The maximum atomic E-state index is 12.2. The van der Waals surface area contributed by atoms with Gasteiger partial charge in [0, 0.05) is 0 Å². The molecule has 1 saturated heterocycles. The Kier molecular flexibility index (Phi) is 6.05. The molecule has 102 valence electrons. The summed E-state index contributed by atoms with van der Waals surface area (Å²) in [5, 5.41) is 18.9. The van der Waals surface area contributed by atoms with Crippen LogP contribution >= 0.6 is 21.7 Å². The highest BCUT2D eigenvalue weighted by molar-refractivity contribution is 7.80. The zero-order valence-corrected chi connectivity index (χ0v) is 11.7. The molecule has 0 aromatic carbocycles. The van der Waals surface area contributed by atoms with Crippen LogP contribution in [0.2, 0.25) is 0 Å². The molecule has 0 radical (unpaired) electrons. The van der Waals surface area contributed by atoms with Crippen LogP contribution in [0.25, 0.3) is 0 Å². The Balaban J connectivity index is 2.89. The monoisotopic (exact) mass is 292 g/mol. The van der Waals surface area contributed by atoms with E-state index in [0.29, 0.717) is 31.4 Å². The van der Waals surface area contributed by atoms with Gasteiger partial charge in [-0.2, -0.15) is 12.6 Å². The van der Waals surface area contributed by atoms with Crippen LogP contribution in [0.3, 0.4) is 0 Å². The molecule has 0 aromatic rings. The summed E-state index contributed by atoms with van der Waals surface area (Å²) in [5.41, 5.74) is 0. The van der Waals surface area contributed by atoms with Crippen molar-refractivity contribution < 1.29 is 19.8 Å². The van der Waals surface area contributed by atoms with E-state index >= 15 is 0 Å². The Hall–Kier alpha value is -0.650. The third-order valence-electron chi connectivity index (χ3n) is 2.98. The molecule has 18 heavy (non-hydrogen) atoms. The number of carbonyl (C=O) groups is 2. The molecule has 1 aliphatic heterocycles. The van der Waals surface area contributed by atoms with Crippen molar-refractivity contribution in [3.63, 3.8) is 0 Å². The summed E-state index contributed by atoms with van der Waals surface area (Å²) >= 11 is 4.03. The predicted octanol–water partition coefficient (Wildman–Crippen LogP) is 0.785. The van der Waals surface area contributed by atoms with E-state index in [4.69, 9.17) is 5.11 Å². The molecule has 3 atom stereocenters. The number of aliphatic hydroxyl groups excluding tert-OH is 1. The summed E-state index contributed by atoms with van der Waals surface area (Å²) in [7, 11) is 2.93. The van der Waals surface area contributed by atoms with Gasteiger partial charge in [-0.3, -0.25) is 9.54 Å². The number of piperidine rings is 1. The zero-order chi connectivity index (χ0) is 13.7. The first-order chi connectivity index (χ1) is 8.52. The Morgan fingerprint density at radius 3 is 2.67 bits per heavy atom. The zero-order valence-electron chi connectivity index (χ0n) is 9.82. The molecule has 1 amide bonds. The number of aliphatic carboxylic acids is 1. The molecule has 1 aliphatic rings. The molecule has 0 aromatic heterocycles. The lowest BCUT2D eigenvalue weighted by Crippen LogP contribution is -2.56. The predicted molar refractivity (Wildman–Crippen MR) is 71.1 cm³/mol. The fourth-order valence-corrected chi connectivity index (χ4v) is 2.54. The summed E-state index contributed by atoms with van der Waals surface area (Å²) in [5.74, 6) is -1.12. The van der Waals surface area contributed by atoms with Crippen LogP contribution in [-0.4, -0.2) is 51.1 Å². The maximum Gasteiger partial charge on any atom is 0.326 e. The molecule has 0 bridgehead atoms. The van der Waals surface area contributed by atoms with Gasteiger partial charge >= 0.3 is 5.97 Å². The van der Waals surface area contributed by atoms with Crippen molar-refractivity contribution in [2.24, 2.45) is 4.74 Å². The number of carboxylic acids is 1. The lowest BCUT2D eigenvalue weighted by atomic mass is 9.99. The van der Waals surface area contributed by atoms with E-state index in [9.17, 15) is 14.7 Å². The quantitative estimate of drug-likeness (QED) is 0.516. The van der Waals surface area contributed by atoms with Crippen LogP contribution in [0, 0.1) is 0 Å². The second-order valence-corrected chi connectivity index (χ2v) is 4.87. The first kappa shape index (κ1) is 15.4. The fourth-order valence-electron chi connectivity index (χ4n) is 2.06. The van der Waals surface area contributed by atoms with Crippen molar-refractivity contribution in [3.05, 3.63) is 0 Å². The van der Waals surface area contributed by atoms with Crippen molar-refractivity contribution in [3.8, 4) is 0 Å². The van der Waals surface area contributed by atoms with Gasteiger partial charge in [-0.1, -0.05) is 0 Å². The molecular weight excluding hydrogens is 275 g/mol. The Morgan fingerprint density at radius 2 is 2.17 bits per heavy atom. The summed E-state index contributed by atoms with van der Waals surface area (Å²) in [6.07, 6.45) is 0.673. The van der Waals surface area contributed by atoms with Gasteiger partial charge in [0.15, 0.2) is 0 Å². The minimum Gasteiger partial charge on any atom is -0.480 e. The van der Waals surface area contributed by atoms with E-state index in [-0.39, 0.29) is 0 Å². The van der Waals surface area contributed by atoms with Gasteiger partial charge in [0.2, 0.25) is 0 Å². The normalized spacial score (nSPS) is 25.6. The van der Waals surface area contributed by atoms with E-state index in [2.05, 4.69) is 26.4 Å². The third kappa shape index (κ3) is 3.43. The SMILES string of the molecule is O=C(O)[C@@H]1CCCC(O)N1C(=O)[C@H](CCS)N=P. The van der Waals surface area contributed by atoms with E-state index in [1.807, 2.05) is 0 Å². The molecule has 8 heteroatoms. The number of aliphatic hydroxyl groups is 1. The molecular formula is C10H17N2O4PS. The first-order valence-electron chi connectivity index (χ1n) is 5.73. The highest BCUT2D eigenvalue weighted by Crippen LogP contribution is 2.24. The van der Waals surface area contributed by atoms with E-state index in [1.54, 1.807) is 0 Å². The van der Waals surface area contributed by atoms with Crippen molar-refractivity contribution in [1.29, 1.82) is 0 Å². The molecule has 0 spiro atoms. The summed E-state index contributed by atoms with van der Waals surface area (Å²) in [6, 6.07) is -1.69. The summed E-state index contributed by atoms with van der Waals surface area (Å²) < 4.78 is 3.74. The largest absolute Gasteiger partial charge is 0.480 e. The topological polar surface area (TPSA) is 90.2 Å². The fraction of sp³-hybridized carbons (Fsp3) is 0.800. The molecule has 0 aliphatic carbocycles. The number of carboxylic acid groups (broad SMARTS) is 1. The Labute approximate surface area is 113 Å². The molecule has 1 heterocycles. The van der Waals surface area contributed by atoms with Crippen molar-refractivity contribution in [2.45, 2.75) is 44.0 Å². The van der Waals surface area contributed by atoms with Crippen LogP contribution in [0.5, 0.6) is 0 Å². The van der Waals surface area contributed by atoms with Gasteiger partial charge in [0.05, 0.1) is 0 Å². The average Bonchev–Trinajstić information content (AvgIpc) is 2.34. The van der Waals surface area contributed by atoms with Crippen LogP contribution in [0.1, 0.15) is 25.7 Å². The number of amides is 1. The Morgan fingerprint density at radius 1 is 1.50 bits per heavy atom. The van der Waals surface area contributed by atoms with Gasteiger partial charge in [-0.25, -0.2) is 4.79 Å². The minimum atomic E-state index is -1.10. The van der Waals surface area contributed by atoms with Crippen molar-refractivity contribution in [1.82, 2.24) is 4.90 Å². The van der Waals surface area contributed by atoms with Crippen LogP contribution in [0.4, 0.5) is 0 Å². The van der Waals surface area contributed by atoms with Gasteiger partial charge in [-0.05, 0) is 40.5 Å². The smallest absolute Gasteiger partial charge is 0.326 e. The van der Waals surface area contributed by atoms with Crippen LogP contribution < -0.4 is 0 Å². The molecule has 1 rings (SSSR count). The number of likely N-dealkylation sites (tertiary alicyclic amines) is 1. The number of hydrogen-bond donors (Lipinski definition) is 3. The lowest BCUT2D eigenvalue weighted by Gasteiger charge is -2.38. The highest BCUT2D eigenvalue weighted by Gasteiger charge is 2.39. The van der Waals surface area contributed by atoms with Crippen LogP contribution in [-0.2, 0) is 9.59 Å². The summed E-state index contributed by atoms with van der Waals surface area (Å²) in [4.78, 5) is 24.3. The third-order valence-corrected chi connectivity index (χ3v) is 3.55. The van der Waals surface area contributed by atoms with Gasteiger partial charge in [0.1, 0.15) is 18.3 Å².